The van der Waals surface area contributed by atoms with E-state index in [4.69, 9.17) is 6.58 Å². The maximum atomic E-state index is 14.7. The van der Waals surface area contributed by atoms with E-state index in [0.29, 0.717) is 48.9 Å². The highest BCUT2D eigenvalue weighted by molar-refractivity contribution is 5.78. The molecule has 0 radical (unpaired) electrons. The number of nitrogens with one attached hydrogen (secondary N) is 2. The van der Waals surface area contributed by atoms with Crippen LogP contribution in [0.1, 0.15) is 203 Å². The number of aliphatic hydroxyl groups is 2. The van der Waals surface area contributed by atoms with E-state index in [2.05, 4.69) is 149 Å². The first-order valence-corrected chi connectivity index (χ1v) is 36.1. The van der Waals surface area contributed by atoms with Crippen molar-refractivity contribution in [2.24, 2.45) is 85.8 Å². The van der Waals surface area contributed by atoms with Gasteiger partial charge in [-0.05, 0) is 251 Å². The average molecular weight is 1200 g/mol. The number of carboxylic acids is 1. The summed E-state index contributed by atoms with van der Waals surface area (Å²) < 4.78 is 0. The SMILES string of the molecule is C=C1CCC(C(=O)O)C2C(O)CC3(C4CCC5(CCC(Cc6cc(C)cc(C)c6)C5)C4)C4=C(CCC23C)C23CCC(O)C5(C)CC=C(CC(C)C)C(C=C6C(=c7ccccc7=CC62)Cc2cccc(c2)C2=CC=C(NCCCC1C1CCCCC1)NC2)(C4)C53. The number of carbonyl (C=O) groups is 1. The maximum absolute atomic E-state index is 14.7. The smallest absolute Gasteiger partial charge is 0.306 e. The first-order valence-electron chi connectivity index (χ1n) is 36.1. The highest BCUT2D eigenvalue weighted by Crippen LogP contribution is 2.84. The Morgan fingerprint density at radius 1 is 0.798 bits per heavy atom. The van der Waals surface area contributed by atoms with Gasteiger partial charge in [0, 0.05) is 46.6 Å². The molecule has 0 aromatic heterocycles. The standard InChI is InChI=1S/C83H106N2O4/c1-51(2)37-62-27-31-78(6)73(87)30-35-82-69-29-32-79(7)75-66(76(88)89)24-22-54(5)64(58-16-9-8-10-17-58)21-14-36-84-74-25-23-61(50-85-74)59-19-13-15-55(42-59)43-67-65-20-12-11-18-60(65)44-70(82)68(67)47-81(62,77(78)82)48-71(69)83(79,49-72(75)86)63-28-34-80(46-63)33-26-56(45-80)41-57-39-52(3)38-53(4)40-57/h11-13,15,18-20,23,25,27,38-40,42,44,47,51,56,58,63-64,66,70,72-73,75,77,84-87H,5,8-10,14,16-17,21-22,24,26,28-37,41,43,45-46,48-50H2,1-4,6-7H3,(H,88,89). The first-order chi connectivity index (χ1) is 42.9. The Hall–Kier alpha value is -5.17. The van der Waals surface area contributed by atoms with E-state index in [1.165, 1.54) is 125 Å². The van der Waals surface area contributed by atoms with Crippen LogP contribution in [0.25, 0.3) is 17.2 Å². The third-order valence-electron chi connectivity index (χ3n) is 28.0. The quantitative estimate of drug-likeness (QED) is 0.151. The minimum atomic E-state index is -0.729. The zero-order valence-corrected chi connectivity index (χ0v) is 55.1. The molecule has 5 fully saturated rings. The lowest BCUT2D eigenvalue weighted by Gasteiger charge is -2.74. The molecule has 19 rings (SSSR count). The Kier molecular flexibility index (Phi) is 15.2. The molecule has 5 N–H and O–H groups in total. The number of allylic oxidation sites excluding steroid dienone is 9. The lowest BCUT2D eigenvalue weighted by Crippen LogP contribution is -2.69. The van der Waals surface area contributed by atoms with E-state index in [-0.39, 0.29) is 44.8 Å². The number of rotatable bonds is 7. The van der Waals surface area contributed by atoms with Crippen LogP contribution < -0.4 is 21.1 Å². The molecule has 3 aromatic rings. The Morgan fingerprint density at radius 3 is 2.39 bits per heavy atom. The topological polar surface area (TPSA) is 102 Å². The van der Waals surface area contributed by atoms with Crippen molar-refractivity contribution in [3.8, 4) is 0 Å². The van der Waals surface area contributed by atoms with E-state index in [0.717, 1.165) is 96.0 Å². The van der Waals surface area contributed by atoms with Gasteiger partial charge in [-0.3, -0.25) is 4.79 Å². The van der Waals surface area contributed by atoms with Crippen LogP contribution in [0, 0.1) is 99.6 Å². The highest BCUT2D eigenvalue weighted by Gasteiger charge is 2.77. The molecule has 3 aromatic carbocycles. The minimum absolute atomic E-state index is 0.110. The second-order valence-corrected chi connectivity index (χ2v) is 33.2. The van der Waals surface area contributed by atoms with Gasteiger partial charge in [-0.2, -0.15) is 0 Å². The molecule has 3 spiro atoms. The van der Waals surface area contributed by atoms with Gasteiger partial charge < -0.3 is 26.0 Å². The molecule has 15 atom stereocenters. The monoisotopic (exact) mass is 1190 g/mol. The number of hydrogen-bond acceptors (Lipinski definition) is 5. The van der Waals surface area contributed by atoms with Crippen LogP contribution in [0.5, 0.6) is 0 Å². The first kappa shape index (κ1) is 60.1. The molecule has 0 saturated heterocycles. The summed E-state index contributed by atoms with van der Waals surface area (Å²) in [6, 6.07) is 26.0. The summed E-state index contributed by atoms with van der Waals surface area (Å²) in [7, 11) is 0. The van der Waals surface area contributed by atoms with Gasteiger partial charge in [0.25, 0.3) is 0 Å². The number of carboxylic acid groups (broad SMARTS) is 1. The second-order valence-electron chi connectivity index (χ2n) is 33.2. The van der Waals surface area contributed by atoms with Crippen molar-refractivity contribution in [3.05, 3.63) is 170 Å². The molecule has 0 amide bonds. The van der Waals surface area contributed by atoms with Crippen molar-refractivity contribution in [2.75, 3.05) is 13.1 Å². The molecular weight excluding hydrogens is 1090 g/mol. The van der Waals surface area contributed by atoms with Gasteiger partial charge in [0.1, 0.15) is 0 Å². The third kappa shape index (κ3) is 9.57. The van der Waals surface area contributed by atoms with Gasteiger partial charge in [0.15, 0.2) is 0 Å². The fraction of sp³-hybridized carbons (Fsp3) is 0.602. The Balaban J connectivity index is 0.932. The summed E-state index contributed by atoms with van der Waals surface area (Å²) in [6.07, 6.45) is 37.7. The predicted molar refractivity (Wildman–Crippen MR) is 362 cm³/mol. The molecule has 5 saturated carbocycles. The summed E-state index contributed by atoms with van der Waals surface area (Å²) >= 11 is 0. The van der Waals surface area contributed by atoms with Gasteiger partial charge in [-0.25, -0.2) is 0 Å². The fourth-order valence-electron chi connectivity index (χ4n) is 24.8. The maximum Gasteiger partial charge on any atom is 0.306 e. The van der Waals surface area contributed by atoms with Crippen molar-refractivity contribution in [1.82, 2.24) is 10.6 Å². The van der Waals surface area contributed by atoms with Crippen molar-refractivity contribution < 1.29 is 20.1 Å². The van der Waals surface area contributed by atoms with Crippen molar-refractivity contribution >= 4 is 23.2 Å². The molecule has 6 nitrogen and oxygen atoms in total. The number of aryl methyl sites for hydroxylation is 2. The Morgan fingerprint density at radius 2 is 1.61 bits per heavy atom. The lowest BCUT2D eigenvalue weighted by atomic mass is 9.29. The van der Waals surface area contributed by atoms with Gasteiger partial charge in [-0.15, -0.1) is 0 Å². The molecule has 89 heavy (non-hydrogen) atoms. The van der Waals surface area contributed by atoms with Crippen LogP contribution in [-0.4, -0.2) is 46.6 Å². The van der Waals surface area contributed by atoms with E-state index < -0.39 is 29.5 Å². The minimum Gasteiger partial charge on any atom is -0.481 e. The van der Waals surface area contributed by atoms with E-state index in [9.17, 15) is 20.1 Å². The number of benzene rings is 3. The molecule has 6 heteroatoms. The molecule has 6 aliphatic heterocycles. The summed E-state index contributed by atoms with van der Waals surface area (Å²) in [6.45, 7) is 21.1. The molecule has 15 unspecified atom stereocenters. The van der Waals surface area contributed by atoms with Crippen LogP contribution in [0.3, 0.4) is 0 Å². The highest BCUT2D eigenvalue weighted by atomic mass is 16.4. The normalized spacial score (nSPS) is 39.2. The summed E-state index contributed by atoms with van der Waals surface area (Å²) in [5.41, 5.74) is 15.8. The van der Waals surface area contributed by atoms with E-state index in [1.54, 1.807) is 16.7 Å². The van der Waals surface area contributed by atoms with Gasteiger partial charge in [0.05, 0.1) is 23.9 Å². The van der Waals surface area contributed by atoms with Gasteiger partial charge >= 0.3 is 5.97 Å². The van der Waals surface area contributed by atoms with E-state index in [1.807, 2.05) is 0 Å². The second kappa shape index (κ2) is 22.6. The molecule has 10 aliphatic carbocycles. The number of fused-ring (bicyclic) bond motifs is 1. The number of hydrogen-bond donors (Lipinski definition) is 5. The number of aliphatic hydroxyl groups excluding tert-OH is 2. The van der Waals surface area contributed by atoms with Gasteiger partial charge in [0.2, 0.25) is 0 Å². The Bertz CT molecular complexity index is 3620. The zero-order valence-electron chi connectivity index (χ0n) is 55.1. The van der Waals surface area contributed by atoms with Crippen LogP contribution in [-0.2, 0) is 17.6 Å². The van der Waals surface area contributed by atoms with Crippen LogP contribution in [0.4, 0.5) is 0 Å². The molecule has 472 valence electrons. The number of aliphatic carboxylic acids is 1. The number of dihydropyridines is 1. The van der Waals surface area contributed by atoms with Crippen molar-refractivity contribution in [3.63, 3.8) is 0 Å². The summed E-state index contributed by atoms with van der Waals surface area (Å²) in [5.74, 6) is 2.00. The molecular formula is C83H106N2O4. The van der Waals surface area contributed by atoms with Crippen LogP contribution >= 0.6 is 0 Å². The Labute approximate surface area is 533 Å². The average Bonchev–Trinajstić information content (AvgIpc) is 1.52. The zero-order chi connectivity index (χ0) is 61.4. The van der Waals surface area contributed by atoms with Crippen LogP contribution in [0.15, 0.2) is 131 Å². The predicted octanol–water partition coefficient (Wildman–Crippen LogP) is 16.3. The van der Waals surface area contributed by atoms with Crippen molar-refractivity contribution in [2.45, 2.75) is 214 Å². The van der Waals surface area contributed by atoms with Gasteiger partial charge in [-0.1, -0.05) is 178 Å². The van der Waals surface area contributed by atoms with Crippen LogP contribution in [0.2, 0.25) is 0 Å². The van der Waals surface area contributed by atoms with Crippen molar-refractivity contribution in [1.29, 1.82) is 0 Å². The molecule has 16 aliphatic rings. The fourth-order valence-corrected chi connectivity index (χ4v) is 24.8. The molecule has 6 heterocycles. The van der Waals surface area contributed by atoms with E-state index >= 15 is 0 Å². The third-order valence-corrected chi connectivity index (χ3v) is 28.0. The lowest BCUT2D eigenvalue weighted by molar-refractivity contribution is -0.167. The largest absolute Gasteiger partial charge is 0.481 e. The molecule has 14 bridgehead atoms. The summed E-state index contributed by atoms with van der Waals surface area (Å²) in [4.78, 5) is 14.7. The summed E-state index contributed by atoms with van der Waals surface area (Å²) in [5, 5.41) is 49.1.